The number of rotatable bonds is 7. The van der Waals surface area contributed by atoms with Crippen LogP contribution in [0.1, 0.15) is 44.1 Å². The maximum absolute atomic E-state index is 12.1. The lowest BCUT2D eigenvalue weighted by atomic mass is 9.90. The highest BCUT2D eigenvalue weighted by atomic mass is 16.1. The van der Waals surface area contributed by atoms with Gasteiger partial charge < -0.3 is 16.8 Å². The first-order valence-electron chi connectivity index (χ1n) is 10.0. The van der Waals surface area contributed by atoms with Crippen LogP contribution in [0, 0.1) is 6.92 Å². The van der Waals surface area contributed by atoms with Crippen molar-refractivity contribution in [3.05, 3.63) is 36.4 Å². The van der Waals surface area contributed by atoms with Crippen LogP contribution in [0.5, 0.6) is 0 Å². The standard InChI is InChI=1S/C21H29N7O/c1-3-4-9-18(29)27-21-26-15-11-10-13(2)12-14(15)19(28-21)24-16-7-5-6-8-17(16)25-20(22)23/h3,10-12,16-17H,1,4-9H2,2H3,(H4,22,23,25)(H2,24,26,27,28,29). The lowest BCUT2D eigenvalue weighted by Crippen LogP contribution is -2.38. The molecule has 3 rings (SSSR count). The van der Waals surface area contributed by atoms with E-state index in [1.54, 1.807) is 6.08 Å². The van der Waals surface area contributed by atoms with Gasteiger partial charge in [0.15, 0.2) is 5.96 Å². The van der Waals surface area contributed by atoms with Gasteiger partial charge in [-0.2, -0.15) is 4.98 Å². The molecule has 0 saturated heterocycles. The predicted octanol–water partition coefficient (Wildman–Crippen LogP) is 2.84. The van der Waals surface area contributed by atoms with Gasteiger partial charge in [0, 0.05) is 11.8 Å². The quantitative estimate of drug-likeness (QED) is 0.324. The van der Waals surface area contributed by atoms with Crippen molar-refractivity contribution in [1.82, 2.24) is 9.97 Å². The fourth-order valence-electron chi connectivity index (χ4n) is 3.63. The Kier molecular flexibility index (Phi) is 6.64. The number of fused-ring (bicyclic) bond motifs is 1. The molecule has 8 heteroatoms. The Hall–Kier alpha value is -3.16. The number of carbonyl (C=O) groups is 1. The van der Waals surface area contributed by atoms with E-state index in [9.17, 15) is 4.79 Å². The molecule has 8 nitrogen and oxygen atoms in total. The number of carbonyl (C=O) groups excluding carboxylic acids is 1. The van der Waals surface area contributed by atoms with Crippen molar-refractivity contribution in [2.24, 2.45) is 16.5 Å². The number of nitrogens with zero attached hydrogens (tertiary/aromatic N) is 3. The summed E-state index contributed by atoms with van der Waals surface area (Å²) in [6.07, 6.45) is 6.71. The van der Waals surface area contributed by atoms with Gasteiger partial charge in [0.1, 0.15) is 5.82 Å². The Morgan fingerprint density at radius 3 is 2.86 bits per heavy atom. The topological polar surface area (TPSA) is 131 Å². The first-order valence-corrected chi connectivity index (χ1v) is 10.0. The molecule has 2 unspecified atom stereocenters. The number of nitrogens with one attached hydrogen (secondary N) is 2. The van der Waals surface area contributed by atoms with Gasteiger partial charge in [-0.05, 0) is 38.3 Å². The summed E-state index contributed by atoms with van der Waals surface area (Å²) in [6, 6.07) is 6.03. The minimum absolute atomic E-state index is 0.00536. The van der Waals surface area contributed by atoms with Gasteiger partial charge >= 0.3 is 0 Å². The van der Waals surface area contributed by atoms with Gasteiger partial charge in [0.2, 0.25) is 11.9 Å². The molecule has 1 heterocycles. The largest absolute Gasteiger partial charge is 0.370 e. The molecule has 1 amide bonds. The minimum Gasteiger partial charge on any atom is -0.370 e. The second kappa shape index (κ2) is 9.36. The molecule has 6 N–H and O–H groups in total. The Morgan fingerprint density at radius 2 is 2.10 bits per heavy atom. The summed E-state index contributed by atoms with van der Waals surface area (Å²) in [5.41, 5.74) is 13.1. The number of hydrogen-bond donors (Lipinski definition) is 4. The molecule has 0 spiro atoms. The van der Waals surface area contributed by atoms with Gasteiger partial charge in [-0.1, -0.05) is 30.5 Å². The molecule has 2 atom stereocenters. The van der Waals surface area contributed by atoms with Gasteiger partial charge in [0.05, 0.1) is 17.6 Å². The Balaban J connectivity index is 1.93. The van der Waals surface area contributed by atoms with E-state index in [2.05, 4.69) is 32.2 Å². The molecule has 2 aromatic rings. The summed E-state index contributed by atoms with van der Waals surface area (Å²) < 4.78 is 0. The summed E-state index contributed by atoms with van der Waals surface area (Å²) in [5.74, 6) is 0.924. The van der Waals surface area contributed by atoms with E-state index in [4.69, 9.17) is 11.5 Å². The second-order valence-corrected chi connectivity index (χ2v) is 7.45. The molecular formula is C21H29N7O. The van der Waals surface area contributed by atoms with Gasteiger partial charge in [-0.3, -0.25) is 10.1 Å². The number of aliphatic imine (C=N–C) groups is 1. The summed E-state index contributed by atoms with van der Waals surface area (Å²) in [4.78, 5) is 25.7. The van der Waals surface area contributed by atoms with Crippen molar-refractivity contribution >= 4 is 34.5 Å². The summed E-state index contributed by atoms with van der Waals surface area (Å²) in [7, 11) is 0. The number of nitrogens with two attached hydrogens (primary N) is 2. The number of hydrogen-bond acceptors (Lipinski definition) is 5. The maximum Gasteiger partial charge on any atom is 0.231 e. The highest BCUT2D eigenvalue weighted by molar-refractivity contribution is 5.94. The highest BCUT2D eigenvalue weighted by Gasteiger charge is 2.26. The van der Waals surface area contributed by atoms with Crippen molar-refractivity contribution in [2.75, 3.05) is 10.6 Å². The molecule has 154 valence electrons. The Bertz CT molecular complexity index is 921. The molecule has 1 saturated carbocycles. The molecule has 1 aliphatic rings. The molecule has 0 bridgehead atoms. The normalized spacial score (nSPS) is 18.8. The summed E-state index contributed by atoms with van der Waals surface area (Å²) >= 11 is 0. The van der Waals surface area contributed by atoms with Gasteiger partial charge in [0.25, 0.3) is 0 Å². The van der Waals surface area contributed by atoms with Crippen molar-refractivity contribution in [1.29, 1.82) is 0 Å². The van der Waals surface area contributed by atoms with Crippen molar-refractivity contribution in [3.63, 3.8) is 0 Å². The SMILES string of the molecule is C=CCCC(=O)Nc1nc(NC2CCCCC2N=C(N)N)c2cc(C)ccc2n1. The zero-order valence-corrected chi connectivity index (χ0v) is 16.8. The van der Waals surface area contributed by atoms with E-state index >= 15 is 0 Å². The summed E-state index contributed by atoms with van der Waals surface area (Å²) in [6.45, 7) is 5.67. The Labute approximate surface area is 170 Å². The van der Waals surface area contributed by atoms with Crippen LogP contribution in [0.2, 0.25) is 0 Å². The van der Waals surface area contributed by atoms with E-state index in [0.29, 0.717) is 18.7 Å². The van der Waals surface area contributed by atoms with Crippen molar-refractivity contribution < 1.29 is 4.79 Å². The number of anilines is 2. The average Bonchev–Trinajstić information content (AvgIpc) is 2.68. The summed E-state index contributed by atoms with van der Waals surface area (Å²) in [5, 5.41) is 7.22. The van der Waals surface area contributed by atoms with Crippen LogP contribution in [0.25, 0.3) is 10.9 Å². The molecule has 1 fully saturated rings. The number of aryl methyl sites for hydroxylation is 1. The third-order valence-corrected chi connectivity index (χ3v) is 5.04. The molecule has 29 heavy (non-hydrogen) atoms. The number of aromatic nitrogens is 2. The predicted molar refractivity (Wildman–Crippen MR) is 118 cm³/mol. The zero-order chi connectivity index (χ0) is 20.8. The number of allylic oxidation sites excluding steroid dienone is 1. The van der Waals surface area contributed by atoms with Gasteiger partial charge in [-0.25, -0.2) is 9.98 Å². The molecule has 0 radical (unpaired) electrons. The van der Waals surface area contributed by atoms with E-state index in [1.807, 2.05) is 25.1 Å². The van der Waals surface area contributed by atoms with Crippen molar-refractivity contribution in [2.45, 2.75) is 57.5 Å². The van der Waals surface area contributed by atoms with E-state index in [-0.39, 0.29) is 29.9 Å². The molecular weight excluding hydrogens is 366 g/mol. The molecule has 1 aromatic carbocycles. The minimum atomic E-state index is -0.140. The second-order valence-electron chi connectivity index (χ2n) is 7.45. The zero-order valence-electron chi connectivity index (χ0n) is 16.8. The lowest BCUT2D eigenvalue weighted by molar-refractivity contribution is -0.116. The molecule has 0 aliphatic heterocycles. The van der Waals surface area contributed by atoms with Crippen LogP contribution in [0.4, 0.5) is 11.8 Å². The third-order valence-electron chi connectivity index (χ3n) is 5.04. The smallest absolute Gasteiger partial charge is 0.231 e. The Morgan fingerprint density at radius 1 is 1.31 bits per heavy atom. The van der Waals surface area contributed by atoms with Crippen LogP contribution in [-0.2, 0) is 4.79 Å². The van der Waals surface area contributed by atoms with Crippen LogP contribution >= 0.6 is 0 Å². The first-order chi connectivity index (χ1) is 14.0. The monoisotopic (exact) mass is 395 g/mol. The van der Waals surface area contributed by atoms with Crippen LogP contribution in [-0.4, -0.2) is 33.9 Å². The fourth-order valence-corrected chi connectivity index (χ4v) is 3.63. The fraction of sp³-hybridized carbons (Fsp3) is 0.429. The highest BCUT2D eigenvalue weighted by Crippen LogP contribution is 2.28. The van der Waals surface area contributed by atoms with E-state index in [1.165, 1.54) is 0 Å². The lowest BCUT2D eigenvalue weighted by Gasteiger charge is -2.30. The molecule has 1 aromatic heterocycles. The third kappa shape index (κ3) is 5.43. The number of benzene rings is 1. The van der Waals surface area contributed by atoms with Crippen LogP contribution in [0.15, 0.2) is 35.8 Å². The van der Waals surface area contributed by atoms with Crippen LogP contribution < -0.4 is 22.1 Å². The van der Waals surface area contributed by atoms with Crippen molar-refractivity contribution in [3.8, 4) is 0 Å². The number of amides is 1. The van der Waals surface area contributed by atoms with E-state index in [0.717, 1.165) is 42.1 Å². The number of guanidine groups is 1. The van der Waals surface area contributed by atoms with Crippen LogP contribution in [0.3, 0.4) is 0 Å². The van der Waals surface area contributed by atoms with E-state index < -0.39 is 0 Å². The van der Waals surface area contributed by atoms with Gasteiger partial charge in [-0.15, -0.1) is 6.58 Å². The average molecular weight is 396 g/mol. The maximum atomic E-state index is 12.1. The molecule has 1 aliphatic carbocycles. The first kappa shape index (κ1) is 20.6.